The van der Waals surface area contributed by atoms with Crippen molar-refractivity contribution < 1.29 is 8.42 Å². The molecule has 1 saturated carbocycles. The van der Waals surface area contributed by atoms with Crippen molar-refractivity contribution in [2.24, 2.45) is 11.8 Å². The smallest absolute Gasteiger partial charge is 0.240 e. The van der Waals surface area contributed by atoms with Gasteiger partial charge in [0, 0.05) is 36.5 Å². The molecule has 0 bridgehead atoms. The fraction of sp³-hybridized carbons (Fsp3) is 0.440. The highest BCUT2D eigenvalue weighted by Crippen LogP contribution is 2.30. The molecule has 0 spiro atoms. The molecule has 1 heterocycles. The number of rotatable bonds is 9. The summed E-state index contributed by atoms with van der Waals surface area (Å²) in [6.45, 7) is 4.29. The van der Waals surface area contributed by atoms with E-state index in [9.17, 15) is 8.42 Å². The number of nitrogens with one attached hydrogen (secondary N) is 2. The Labute approximate surface area is 210 Å². The summed E-state index contributed by atoms with van der Waals surface area (Å²) >= 11 is 3.34. The maximum absolute atomic E-state index is 12.5. The predicted molar refractivity (Wildman–Crippen MR) is 142 cm³/mol. The molecule has 182 valence electrons. The van der Waals surface area contributed by atoms with Crippen LogP contribution in [0.5, 0.6) is 0 Å². The molecular formula is C25H32BrN5O2S. The second-order valence-corrected chi connectivity index (χ2v) is 11.7. The van der Waals surface area contributed by atoms with Crippen LogP contribution in [0.1, 0.15) is 32.6 Å². The van der Waals surface area contributed by atoms with E-state index in [0.29, 0.717) is 29.2 Å². The van der Waals surface area contributed by atoms with Gasteiger partial charge in [0.05, 0.1) is 10.4 Å². The van der Waals surface area contributed by atoms with Crippen LogP contribution < -0.4 is 14.9 Å². The number of halogens is 1. The lowest BCUT2D eigenvalue weighted by Crippen LogP contribution is -2.32. The molecule has 1 aliphatic carbocycles. The molecule has 2 aromatic carbocycles. The van der Waals surface area contributed by atoms with Gasteiger partial charge in [0.25, 0.3) is 0 Å². The van der Waals surface area contributed by atoms with Gasteiger partial charge in [-0.3, -0.25) is 0 Å². The van der Waals surface area contributed by atoms with Gasteiger partial charge in [-0.2, -0.15) is 4.98 Å². The number of aromatic nitrogens is 2. The van der Waals surface area contributed by atoms with Gasteiger partial charge in [-0.15, -0.1) is 0 Å². The zero-order valence-corrected chi connectivity index (χ0v) is 22.1. The molecule has 0 aliphatic heterocycles. The first-order chi connectivity index (χ1) is 16.4. The summed E-state index contributed by atoms with van der Waals surface area (Å²) in [5, 5.41) is 4.52. The Balaban J connectivity index is 1.29. The van der Waals surface area contributed by atoms with Crippen molar-refractivity contribution in [2.75, 3.05) is 36.9 Å². The highest BCUT2D eigenvalue weighted by atomic mass is 79.9. The molecule has 7 nitrogen and oxygen atoms in total. The summed E-state index contributed by atoms with van der Waals surface area (Å²) in [4.78, 5) is 11.9. The third kappa shape index (κ3) is 6.06. The molecule has 4 rings (SSSR count). The minimum absolute atomic E-state index is 0.303. The van der Waals surface area contributed by atoms with Crippen molar-refractivity contribution in [3.8, 4) is 0 Å². The number of anilines is 2. The van der Waals surface area contributed by atoms with Crippen molar-refractivity contribution in [3.05, 3.63) is 53.0 Å². The number of hydrogen-bond donors (Lipinski definition) is 2. The zero-order valence-electron chi connectivity index (χ0n) is 19.7. The van der Waals surface area contributed by atoms with Gasteiger partial charge in [-0.25, -0.2) is 18.1 Å². The molecule has 0 atom stereocenters. The van der Waals surface area contributed by atoms with Crippen molar-refractivity contribution >= 4 is 48.6 Å². The Morgan fingerprint density at radius 2 is 1.62 bits per heavy atom. The lowest BCUT2D eigenvalue weighted by molar-refractivity contribution is 0.284. The van der Waals surface area contributed by atoms with E-state index in [-0.39, 0.29) is 0 Å². The Morgan fingerprint density at radius 1 is 0.971 bits per heavy atom. The van der Waals surface area contributed by atoms with E-state index in [0.717, 1.165) is 60.0 Å². The maximum atomic E-state index is 12.5. The van der Waals surface area contributed by atoms with E-state index in [1.807, 2.05) is 25.2 Å². The van der Waals surface area contributed by atoms with Gasteiger partial charge in [0.15, 0.2) is 0 Å². The van der Waals surface area contributed by atoms with Crippen LogP contribution in [0.15, 0.2) is 57.9 Å². The topological polar surface area (TPSA) is 87.2 Å². The van der Waals surface area contributed by atoms with Crippen molar-refractivity contribution in [3.63, 3.8) is 0 Å². The molecule has 9 heteroatoms. The summed E-state index contributed by atoms with van der Waals surface area (Å²) in [6, 6.07) is 14.8. The molecule has 0 amide bonds. The molecule has 1 aliphatic rings. The average molecular weight is 547 g/mol. The Bertz CT molecular complexity index is 1210. The Morgan fingerprint density at radius 3 is 2.29 bits per heavy atom. The first-order valence-electron chi connectivity index (χ1n) is 11.8. The van der Waals surface area contributed by atoms with E-state index in [2.05, 4.69) is 43.9 Å². The predicted octanol–water partition coefficient (Wildman–Crippen LogP) is 5.05. The molecule has 3 aromatic rings. The summed E-state index contributed by atoms with van der Waals surface area (Å²) in [5.74, 6) is 2.50. The number of nitrogens with zero attached hydrogens (tertiary/aromatic N) is 3. The summed E-state index contributed by atoms with van der Waals surface area (Å²) in [5.41, 5.74) is 0.942. The number of para-hydroxylation sites is 1. The van der Waals surface area contributed by atoms with Crippen LogP contribution in [0.25, 0.3) is 10.9 Å². The fourth-order valence-electron chi connectivity index (χ4n) is 4.38. The third-order valence-corrected chi connectivity index (χ3v) is 8.59. The summed E-state index contributed by atoms with van der Waals surface area (Å²) < 4.78 is 28.7. The van der Waals surface area contributed by atoms with E-state index < -0.39 is 10.0 Å². The molecule has 34 heavy (non-hydrogen) atoms. The fourth-order valence-corrected chi connectivity index (χ4v) is 5.76. The Hall–Kier alpha value is -2.23. The van der Waals surface area contributed by atoms with Crippen LogP contribution in [0.4, 0.5) is 11.8 Å². The van der Waals surface area contributed by atoms with Gasteiger partial charge in [0.1, 0.15) is 5.82 Å². The first kappa shape index (κ1) is 24.9. The number of sulfonamides is 1. The van der Waals surface area contributed by atoms with Gasteiger partial charge >= 0.3 is 0 Å². The largest absolute Gasteiger partial charge is 0.359 e. The third-order valence-electron chi connectivity index (χ3n) is 6.62. The van der Waals surface area contributed by atoms with Crippen LogP contribution in [-0.2, 0) is 10.0 Å². The second kappa shape index (κ2) is 11.0. The van der Waals surface area contributed by atoms with Crippen LogP contribution in [0.3, 0.4) is 0 Å². The highest BCUT2D eigenvalue weighted by molar-refractivity contribution is 9.10. The normalized spacial score (nSPS) is 18.7. The number of benzene rings is 2. The quantitative estimate of drug-likeness (QED) is 0.391. The van der Waals surface area contributed by atoms with Crippen LogP contribution in [0.2, 0.25) is 0 Å². The molecule has 2 N–H and O–H groups in total. The van der Waals surface area contributed by atoms with Crippen molar-refractivity contribution in [2.45, 2.75) is 37.5 Å². The molecule has 0 saturated heterocycles. The molecule has 1 aromatic heterocycles. The number of hydrogen-bond acceptors (Lipinski definition) is 6. The standard InChI is InChI=1S/C25H32BrN5O2S/c1-3-31(2)24-22-6-4-5-7-23(22)29-25(30-24)27-16-18-8-10-19(11-9-18)17-28-34(32,33)21-14-12-20(26)13-15-21/h4-7,12-15,18-19,28H,3,8-11,16-17H2,1-2H3,(H,27,29,30). The SMILES string of the molecule is CCN(C)c1nc(NCC2CCC(CNS(=O)(=O)c3ccc(Br)cc3)CC2)nc2ccccc12. The average Bonchev–Trinajstić information content (AvgIpc) is 2.86. The second-order valence-electron chi connectivity index (χ2n) is 8.98. The van der Waals surface area contributed by atoms with E-state index in [1.165, 1.54) is 0 Å². The lowest BCUT2D eigenvalue weighted by Gasteiger charge is -2.29. The zero-order chi connectivity index (χ0) is 24.1. The Kier molecular flexibility index (Phi) is 8.06. The van der Waals surface area contributed by atoms with E-state index in [4.69, 9.17) is 9.97 Å². The minimum atomic E-state index is -3.47. The van der Waals surface area contributed by atoms with Gasteiger partial charge in [-0.1, -0.05) is 28.1 Å². The highest BCUT2D eigenvalue weighted by Gasteiger charge is 2.23. The van der Waals surface area contributed by atoms with Crippen LogP contribution in [0, 0.1) is 11.8 Å². The summed E-state index contributed by atoms with van der Waals surface area (Å²) in [6.07, 6.45) is 4.15. The monoisotopic (exact) mass is 545 g/mol. The molecule has 0 radical (unpaired) electrons. The van der Waals surface area contributed by atoms with Gasteiger partial charge in [-0.05, 0) is 80.8 Å². The van der Waals surface area contributed by atoms with E-state index in [1.54, 1.807) is 24.3 Å². The summed E-state index contributed by atoms with van der Waals surface area (Å²) in [7, 11) is -1.42. The van der Waals surface area contributed by atoms with Crippen LogP contribution in [-0.4, -0.2) is 45.1 Å². The number of fused-ring (bicyclic) bond motifs is 1. The lowest BCUT2D eigenvalue weighted by atomic mass is 9.82. The molecule has 0 unspecified atom stereocenters. The van der Waals surface area contributed by atoms with E-state index >= 15 is 0 Å². The minimum Gasteiger partial charge on any atom is -0.359 e. The molecular weight excluding hydrogens is 514 g/mol. The van der Waals surface area contributed by atoms with Crippen molar-refractivity contribution in [1.82, 2.24) is 14.7 Å². The van der Waals surface area contributed by atoms with Gasteiger partial charge < -0.3 is 10.2 Å². The first-order valence-corrected chi connectivity index (χ1v) is 14.1. The van der Waals surface area contributed by atoms with Gasteiger partial charge in [0.2, 0.25) is 16.0 Å². The maximum Gasteiger partial charge on any atom is 0.240 e. The van der Waals surface area contributed by atoms with Crippen LogP contribution >= 0.6 is 15.9 Å². The molecule has 1 fully saturated rings. The van der Waals surface area contributed by atoms with Crippen molar-refractivity contribution in [1.29, 1.82) is 0 Å².